The van der Waals surface area contributed by atoms with Crippen molar-refractivity contribution in [1.82, 2.24) is 15.0 Å². The number of thiophene rings is 1. The number of benzene rings is 8. The average molecular weight is 694 g/mol. The van der Waals surface area contributed by atoms with E-state index in [2.05, 4.69) is 158 Å². The third-order valence-corrected chi connectivity index (χ3v) is 11.2. The monoisotopic (exact) mass is 693 g/mol. The van der Waals surface area contributed by atoms with Crippen molar-refractivity contribution in [2.45, 2.75) is 0 Å². The molecule has 2 aromatic heterocycles. The van der Waals surface area contributed by atoms with Gasteiger partial charge in [0.15, 0.2) is 17.5 Å². The highest BCUT2D eigenvalue weighted by Crippen LogP contribution is 2.40. The van der Waals surface area contributed by atoms with E-state index in [4.69, 9.17) is 15.0 Å². The Labute approximate surface area is 311 Å². The van der Waals surface area contributed by atoms with Gasteiger partial charge < -0.3 is 0 Å². The normalized spacial score (nSPS) is 11.4. The van der Waals surface area contributed by atoms with Gasteiger partial charge in [-0.1, -0.05) is 182 Å². The summed E-state index contributed by atoms with van der Waals surface area (Å²) in [5.74, 6) is 1.93. The molecule has 0 aliphatic rings. The van der Waals surface area contributed by atoms with Gasteiger partial charge in [-0.25, -0.2) is 15.0 Å². The summed E-state index contributed by atoms with van der Waals surface area (Å²) in [5.41, 5.74) is 9.88. The van der Waals surface area contributed by atoms with E-state index in [0.717, 1.165) is 38.9 Å². The van der Waals surface area contributed by atoms with Crippen LogP contribution in [0.15, 0.2) is 188 Å². The molecule has 0 aliphatic heterocycles. The van der Waals surface area contributed by atoms with E-state index in [9.17, 15) is 0 Å². The standard InChI is InChI=1S/C49H31N3S/c1-2-13-36(14-3-1)47-50-48(52-49(51-47)44-19-7-6-17-41(44)40-21-10-15-34-12-4-5-16-38(34)40)37-30-26-33(27-31-37)32-24-28-35(29-25-32)39-20-11-22-43-42-18-8-9-23-45(42)53-46(39)43/h1-31H. The fraction of sp³-hybridized carbons (Fsp3) is 0. The van der Waals surface area contributed by atoms with Crippen molar-refractivity contribution in [3.05, 3.63) is 188 Å². The summed E-state index contributed by atoms with van der Waals surface area (Å²) in [4.78, 5) is 15.2. The Balaban J connectivity index is 1.02. The summed E-state index contributed by atoms with van der Waals surface area (Å²) in [6.07, 6.45) is 0. The maximum atomic E-state index is 5.13. The van der Waals surface area contributed by atoms with E-state index in [1.165, 1.54) is 42.1 Å². The summed E-state index contributed by atoms with van der Waals surface area (Å²) in [6.45, 7) is 0. The van der Waals surface area contributed by atoms with E-state index >= 15 is 0 Å². The molecular formula is C49H31N3S. The molecule has 0 amide bonds. The minimum absolute atomic E-state index is 0.639. The molecule has 0 aliphatic carbocycles. The van der Waals surface area contributed by atoms with Gasteiger partial charge in [0, 0.05) is 36.9 Å². The third kappa shape index (κ3) is 5.66. The van der Waals surface area contributed by atoms with Crippen LogP contribution >= 0.6 is 11.3 Å². The zero-order valence-electron chi connectivity index (χ0n) is 28.6. The molecule has 248 valence electrons. The minimum atomic E-state index is 0.639. The van der Waals surface area contributed by atoms with Gasteiger partial charge in [0.2, 0.25) is 0 Å². The molecule has 0 atom stereocenters. The van der Waals surface area contributed by atoms with Crippen LogP contribution in [0.2, 0.25) is 0 Å². The van der Waals surface area contributed by atoms with Crippen molar-refractivity contribution in [3.63, 3.8) is 0 Å². The molecule has 0 spiro atoms. The molecule has 10 aromatic rings. The predicted octanol–water partition coefficient (Wildman–Crippen LogP) is 13.4. The Hall–Kier alpha value is -6.75. The van der Waals surface area contributed by atoms with Crippen LogP contribution in [0.5, 0.6) is 0 Å². The van der Waals surface area contributed by atoms with Crippen LogP contribution in [-0.4, -0.2) is 15.0 Å². The lowest BCUT2D eigenvalue weighted by molar-refractivity contribution is 1.07. The molecule has 3 nitrogen and oxygen atoms in total. The van der Waals surface area contributed by atoms with Crippen LogP contribution in [0.25, 0.3) is 98.5 Å². The first-order valence-electron chi connectivity index (χ1n) is 17.8. The maximum absolute atomic E-state index is 5.13. The van der Waals surface area contributed by atoms with Crippen molar-refractivity contribution in [2.24, 2.45) is 0 Å². The highest BCUT2D eigenvalue weighted by Gasteiger charge is 2.17. The van der Waals surface area contributed by atoms with Crippen molar-refractivity contribution >= 4 is 42.3 Å². The number of hydrogen-bond donors (Lipinski definition) is 0. The second kappa shape index (κ2) is 13.1. The van der Waals surface area contributed by atoms with Crippen LogP contribution in [0.1, 0.15) is 0 Å². The summed E-state index contributed by atoms with van der Waals surface area (Å²) >= 11 is 1.87. The second-order valence-corrected chi connectivity index (χ2v) is 14.2. The van der Waals surface area contributed by atoms with Crippen LogP contribution in [0, 0.1) is 0 Å². The second-order valence-electron chi connectivity index (χ2n) is 13.2. The van der Waals surface area contributed by atoms with E-state index in [0.29, 0.717) is 17.5 Å². The lowest BCUT2D eigenvalue weighted by Crippen LogP contribution is -2.01. The fourth-order valence-corrected chi connectivity index (χ4v) is 8.58. The minimum Gasteiger partial charge on any atom is -0.208 e. The number of fused-ring (bicyclic) bond motifs is 4. The first-order valence-corrected chi connectivity index (χ1v) is 18.6. The Morgan fingerprint density at radius 2 is 0.774 bits per heavy atom. The highest BCUT2D eigenvalue weighted by molar-refractivity contribution is 7.26. The molecule has 0 saturated heterocycles. The number of rotatable bonds is 6. The lowest BCUT2D eigenvalue weighted by Gasteiger charge is -2.14. The van der Waals surface area contributed by atoms with Crippen LogP contribution < -0.4 is 0 Å². The quantitative estimate of drug-likeness (QED) is 0.174. The van der Waals surface area contributed by atoms with Crippen molar-refractivity contribution < 1.29 is 0 Å². The van der Waals surface area contributed by atoms with Crippen LogP contribution in [0.4, 0.5) is 0 Å². The van der Waals surface area contributed by atoms with E-state index in [-0.39, 0.29) is 0 Å². The average Bonchev–Trinajstić information content (AvgIpc) is 3.63. The Morgan fingerprint density at radius 1 is 0.283 bits per heavy atom. The van der Waals surface area contributed by atoms with Gasteiger partial charge in [-0.2, -0.15) is 0 Å². The Morgan fingerprint density at radius 3 is 1.55 bits per heavy atom. The first-order chi connectivity index (χ1) is 26.3. The molecule has 0 bridgehead atoms. The molecule has 2 heterocycles. The van der Waals surface area contributed by atoms with Crippen LogP contribution in [0.3, 0.4) is 0 Å². The molecule has 0 radical (unpaired) electrons. The van der Waals surface area contributed by atoms with Gasteiger partial charge in [-0.05, 0) is 50.2 Å². The van der Waals surface area contributed by atoms with Gasteiger partial charge in [0.05, 0.1) is 0 Å². The smallest absolute Gasteiger partial charge is 0.164 e. The summed E-state index contributed by atoms with van der Waals surface area (Å²) in [6, 6.07) is 66.3. The van der Waals surface area contributed by atoms with E-state index in [1.54, 1.807) is 0 Å². The van der Waals surface area contributed by atoms with E-state index < -0.39 is 0 Å². The van der Waals surface area contributed by atoms with Gasteiger partial charge in [0.25, 0.3) is 0 Å². The maximum Gasteiger partial charge on any atom is 0.164 e. The molecule has 0 saturated carbocycles. The van der Waals surface area contributed by atoms with E-state index in [1.807, 2.05) is 41.7 Å². The predicted molar refractivity (Wildman–Crippen MR) is 223 cm³/mol. The van der Waals surface area contributed by atoms with Gasteiger partial charge in [0.1, 0.15) is 0 Å². The first kappa shape index (κ1) is 31.0. The molecule has 8 aromatic carbocycles. The van der Waals surface area contributed by atoms with Gasteiger partial charge >= 0.3 is 0 Å². The van der Waals surface area contributed by atoms with Crippen LogP contribution in [-0.2, 0) is 0 Å². The van der Waals surface area contributed by atoms with Gasteiger partial charge in [-0.15, -0.1) is 11.3 Å². The fourth-order valence-electron chi connectivity index (χ4n) is 7.34. The Kier molecular flexibility index (Phi) is 7.67. The number of aromatic nitrogens is 3. The molecule has 0 unspecified atom stereocenters. The number of nitrogens with zero attached hydrogens (tertiary/aromatic N) is 3. The molecule has 53 heavy (non-hydrogen) atoms. The summed E-state index contributed by atoms with van der Waals surface area (Å²) in [7, 11) is 0. The third-order valence-electron chi connectivity index (χ3n) is 9.99. The zero-order valence-corrected chi connectivity index (χ0v) is 29.5. The SMILES string of the molecule is c1ccc(-c2nc(-c3ccc(-c4ccc(-c5cccc6c5sc5ccccc56)cc4)cc3)nc(-c3ccccc3-c3cccc4ccccc34)n2)cc1. The van der Waals surface area contributed by atoms with Crippen molar-refractivity contribution in [1.29, 1.82) is 0 Å². The van der Waals surface area contributed by atoms with Crippen molar-refractivity contribution in [2.75, 3.05) is 0 Å². The van der Waals surface area contributed by atoms with Crippen molar-refractivity contribution in [3.8, 4) is 67.5 Å². The Bertz CT molecular complexity index is 2920. The molecule has 10 rings (SSSR count). The summed E-state index contributed by atoms with van der Waals surface area (Å²) < 4.78 is 2.65. The molecule has 0 N–H and O–H groups in total. The van der Waals surface area contributed by atoms with Gasteiger partial charge in [-0.3, -0.25) is 0 Å². The molecular weight excluding hydrogens is 663 g/mol. The lowest BCUT2D eigenvalue weighted by atomic mass is 9.94. The zero-order chi connectivity index (χ0) is 35.1. The largest absolute Gasteiger partial charge is 0.208 e. The highest BCUT2D eigenvalue weighted by atomic mass is 32.1. The summed E-state index contributed by atoms with van der Waals surface area (Å²) in [5, 5.41) is 5.03. The topological polar surface area (TPSA) is 38.7 Å². The number of hydrogen-bond acceptors (Lipinski definition) is 4. The molecule has 4 heteroatoms. The molecule has 0 fully saturated rings.